The highest BCUT2D eigenvalue weighted by Crippen LogP contribution is 2.19. The van der Waals surface area contributed by atoms with Gasteiger partial charge in [-0.1, -0.05) is 35.9 Å². The summed E-state index contributed by atoms with van der Waals surface area (Å²) in [5.74, 6) is -0.137. The average Bonchev–Trinajstić information content (AvgIpc) is 2.84. The van der Waals surface area contributed by atoms with Crippen molar-refractivity contribution in [1.82, 2.24) is 9.97 Å². The first-order chi connectivity index (χ1) is 13.9. The van der Waals surface area contributed by atoms with Crippen molar-refractivity contribution in [2.24, 2.45) is 0 Å². The number of hydrogen-bond donors (Lipinski definition) is 0. The number of sulfone groups is 1. The lowest BCUT2D eigenvalue weighted by Crippen LogP contribution is -2.12. The first-order valence-electron chi connectivity index (χ1n) is 9.03. The normalized spacial score (nSPS) is 11.8. The van der Waals surface area contributed by atoms with E-state index in [4.69, 9.17) is 11.6 Å². The average molecular weight is 425 g/mol. The lowest BCUT2D eigenvalue weighted by molar-refractivity contribution is 0.594. The number of rotatable bonds is 5. The fraction of sp³-hybridized carbons (Fsp3) is 0.136. The Morgan fingerprint density at radius 3 is 2.55 bits per heavy atom. The number of hydrogen-bond acceptors (Lipinski definition) is 5. The van der Waals surface area contributed by atoms with Gasteiger partial charge in [-0.25, -0.2) is 8.42 Å². The molecular formula is C22H17ClN2O3S. The second kappa shape index (κ2) is 7.89. The van der Waals surface area contributed by atoms with Crippen LogP contribution in [-0.2, 0) is 22.0 Å². The molecule has 0 aliphatic rings. The number of benzene rings is 1. The van der Waals surface area contributed by atoms with Gasteiger partial charge in [0.05, 0.1) is 22.0 Å². The summed E-state index contributed by atoms with van der Waals surface area (Å²) >= 11 is 6.00. The van der Waals surface area contributed by atoms with E-state index in [0.29, 0.717) is 33.3 Å². The molecule has 4 aromatic rings. The standard InChI is InChI=1S/C22H17ClN2O3S/c23-17-12-20-21(25-13-17)7-6-16-5-4-15(11-19(16)22(20)26)14-29(27,28)10-8-18-3-1-2-9-24-18/h1-7,9,11-13H,8,10,14H2. The molecule has 2 aromatic heterocycles. The van der Waals surface area contributed by atoms with E-state index < -0.39 is 9.84 Å². The minimum atomic E-state index is -3.36. The second-order valence-electron chi connectivity index (χ2n) is 6.83. The summed E-state index contributed by atoms with van der Waals surface area (Å²) in [7, 11) is -3.36. The van der Waals surface area contributed by atoms with Crippen molar-refractivity contribution in [2.75, 3.05) is 5.75 Å². The van der Waals surface area contributed by atoms with Crippen LogP contribution in [0.4, 0.5) is 0 Å². The van der Waals surface area contributed by atoms with Gasteiger partial charge >= 0.3 is 0 Å². The first kappa shape index (κ1) is 19.5. The maximum Gasteiger partial charge on any atom is 0.195 e. The van der Waals surface area contributed by atoms with Gasteiger partial charge in [-0.05, 0) is 41.3 Å². The lowest BCUT2D eigenvalue weighted by Gasteiger charge is -2.05. The third kappa shape index (κ3) is 4.44. The number of aromatic nitrogens is 2. The Hall–Kier alpha value is -2.83. The third-order valence-corrected chi connectivity index (χ3v) is 6.50. The minimum Gasteiger partial charge on any atom is -0.289 e. The first-order valence-corrected chi connectivity index (χ1v) is 11.2. The van der Waals surface area contributed by atoms with E-state index >= 15 is 0 Å². The van der Waals surface area contributed by atoms with E-state index in [-0.39, 0.29) is 16.9 Å². The summed E-state index contributed by atoms with van der Waals surface area (Å²) in [6.45, 7) is 0. The van der Waals surface area contributed by atoms with Gasteiger partial charge < -0.3 is 0 Å². The van der Waals surface area contributed by atoms with Crippen LogP contribution >= 0.6 is 11.6 Å². The molecular weight excluding hydrogens is 408 g/mol. The van der Waals surface area contributed by atoms with Crippen LogP contribution in [0.25, 0.3) is 21.7 Å². The molecule has 0 saturated carbocycles. The van der Waals surface area contributed by atoms with E-state index in [1.165, 1.54) is 6.20 Å². The molecule has 0 radical (unpaired) electrons. The van der Waals surface area contributed by atoms with Gasteiger partial charge in [0.1, 0.15) is 0 Å². The highest BCUT2D eigenvalue weighted by Gasteiger charge is 2.14. The van der Waals surface area contributed by atoms with Crippen LogP contribution in [0.5, 0.6) is 0 Å². The summed E-state index contributed by atoms with van der Waals surface area (Å²) in [5.41, 5.74) is 1.63. The molecule has 0 unspecified atom stereocenters. The molecule has 5 nitrogen and oxygen atoms in total. The molecule has 0 N–H and O–H groups in total. The van der Waals surface area contributed by atoms with Gasteiger partial charge in [0.2, 0.25) is 0 Å². The van der Waals surface area contributed by atoms with Crippen LogP contribution in [0.3, 0.4) is 0 Å². The van der Waals surface area contributed by atoms with Gasteiger partial charge in [0.15, 0.2) is 15.3 Å². The number of aryl methyl sites for hydroxylation is 1. The number of fused-ring (bicyclic) bond motifs is 2. The molecule has 0 atom stereocenters. The lowest BCUT2D eigenvalue weighted by atomic mass is 10.1. The molecule has 146 valence electrons. The Kier molecular flexibility index (Phi) is 5.30. The molecule has 0 fully saturated rings. The van der Waals surface area contributed by atoms with Crippen LogP contribution in [0.15, 0.2) is 71.8 Å². The van der Waals surface area contributed by atoms with Crippen LogP contribution in [-0.4, -0.2) is 24.1 Å². The Balaban J connectivity index is 1.68. The number of nitrogens with zero attached hydrogens (tertiary/aromatic N) is 2. The smallest absolute Gasteiger partial charge is 0.195 e. The van der Waals surface area contributed by atoms with Gasteiger partial charge in [-0.15, -0.1) is 0 Å². The molecule has 0 amide bonds. The summed E-state index contributed by atoms with van der Waals surface area (Å²) in [5, 5.41) is 1.95. The Bertz CT molecular complexity index is 1370. The molecule has 0 spiro atoms. The monoisotopic (exact) mass is 424 g/mol. The van der Waals surface area contributed by atoms with E-state index in [0.717, 1.165) is 11.1 Å². The van der Waals surface area contributed by atoms with E-state index in [1.54, 1.807) is 54.7 Å². The van der Waals surface area contributed by atoms with Crippen molar-refractivity contribution in [3.8, 4) is 0 Å². The van der Waals surface area contributed by atoms with Crippen LogP contribution < -0.4 is 5.43 Å². The van der Waals surface area contributed by atoms with Crippen molar-refractivity contribution in [3.05, 3.63) is 93.5 Å². The predicted octanol–water partition coefficient (Wildman–Crippen LogP) is 3.95. The summed E-state index contributed by atoms with van der Waals surface area (Å²) in [6, 6.07) is 15.7. The zero-order valence-electron chi connectivity index (χ0n) is 15.4. The molecule has 2 heterocycles. The minimum absolute atomic E-state index is 0.00267. The quantitative estimate of drug-likeness (QED) is 0.484. The highest BCUT2D eigenvalue weighted by molar-refractivity contribution is 7.90. The van der Waals surface area contributed by atoms with Crippen molar-refractivity contribution in [1.29, 1.82) is 0 Å². The fourth-order valence-electron chi connectivity index (χ4n) is 3.25. The zero-order chi connectivity index (χ0) is 20.4. The van der Waals surface area contributed by atoms with Gasteiger partial charge in [-0.2, -0.15) is 0 Å². The number of pyridine rings is 2. The van der Waals surface area contributed by atoms with Crippen LogP contribution in [0.2, 0.25) is 5.02 Å². The van der Waals surface area contributed by atoms with E-state index in [2.05, 4.69) is 9.97 Å². The van der Waals surface area contributed by atoms with E-state index in [1.807, 2.05) is 6.07 Å². The highest BCUT2D eigenvalue weighted by atomic mass is 35.5. The summed E-state index contributed by atoms with van der Waals surface area (Å²) < 4.78 is 25.2. The maximum absolute atomic E-state index is 13.0. The Morgan fingerprint density at radius 1 is 0.931 bits per heavy atom. The summed E-state index contributed by atoms with van der Waals surface area (Å²) in [4.78, 5) is 21.4. The zero-order valence-corrected chi connectivity index (χ0v) is 16.9. The molecule has 7 heteroatoms. The Labute approximate surface area is 172 Å². The van der Waals surface area contributed by atoms with Crippen LogP contribution in [0.1, 0.15) is 11.3 Å². The van der Waals surface area contributed by atoms with Gasteiger partial charge in [-0.3, -0.25) is 14.8 Å². The van der Waals surface area contributed by atoms with Crippen molar-refractivity contribution >= 4 is 43.1 Å². The predicted molar refractivity (Wildman–Crippen MR) is 116 cm³/mol. The summed E-state index contributed by atoms with van der Waals surface area (Å²) in [6.07, 6.45) is 3.49. The molecule has 29 heavy (non-hydrogen) atoms. The Morgan fingerprint density at radius 2 is 1.76 bits per heavy atom. The fourth-order valence-corrected chi connectivity index (χ4v) is 4.76. The molecule has 0 bridgehead atoms. The SMILES string of the molecule is O=c1c2cc(CS(=O)(=O)CCc3ccccn3)ccc2ccc2ncc(Cl)cc12. The largest absolute Gasteiger partial charge is 0.289 e. The topological polar surface area (TPSA) is 77.0 Å². The van der Waals surface area contributed by atoms with Gasteiger partial charge in [0, 0.05) is 35.3 Å². The number of halogens is 1. The maximum atomic E-state index is 13.0. The molecule has 2 aromatic carbocycles. The third-order valence-electron chi connectivity index (χ3n) is 4.69. The van der Waals surface area contributed by atoms with E-state index in [9.17, 15) is 13.2 Å². The molecule has 0 aliphatic carbocycles. The molecule has 4 rings (SSSR count). The van der Waals surface area contributed by atoms with Crippen molar-refractivity contribution in [2.45, 2.75) is 12.2 Å². The molecule has 0 aliphatic heterocycles. The molecule has 0 saturated heterocycles. The van der Waals surface area contributed by atoms with Crippen molar-refractivity contribution in [3.63, 3.8) is 0 Å². The van der Waals surface area contributed by atoms with Gasteiger partial charge in [0.25, 0.3) is 0 Å². The van der Waals surface area contributed by atoms with Crippen molar-refractivity contribution < 1.29 is 8.42 Å². The second-order valence-corrected chi connectivity index (χ2v) is 9.45. The van der Waals surface area contributed by atoms with Crippen LogP contribution in [0, 0.1) is 0 Å².